The zero-order valence-corrected chi connectivity index (χ0v) is 11.6. The van der Waals surface area contributed by atoms with Crippen molar-refractivity contribution in [2.75, 3.05) is 18.6 Å². The number of hydrogen-bond donors (Lipinski definition) is 1. The van der Waals surface area contributed by atoms with E-state index >= 15 is 0 Å². The van der Waals surface area contributed by atoms with Gasteiger partial charge in [0.15, 0.2) is 0 Å². The molecule has 0 aromatic heterocycles. The molecular formula is C12H25NO2S. The van der Waals surface area contributed by atoms with Crippen LogP contribution in [0.3, 0.4) is 0 Å². The first-order valence-electron chi connectivity index (χ1n) is 6.24. The molecule has 0 spiro atoms. The molecule has 1 fully saturated rings. The van der Waals surface area contributed by atoms with Crippen molar-refractivity contribution in [2.24, 2.45) is 5.41 Å². The van der Waals surface area contributed by atoms with Gasteiger partial charge in [-0.05, 0) is 31.1 Å². The zero-order valence-electron chi connectivity index (χ0n) is 10.8. The van der Waals surface area contributed by atoms with Crippen LogP contribution in [0.25, 0.3) is 0 Å². The van der Waals surface area contributed by atoms with E-state index in [9.17, 15) is 8.42 Å². The van der Waals surface area contributed by atoms with Gasteiger partial charge in [-0.15, -0.1) is 0 Å². The Bertz CT molecular complexity index is 305. The van der Waals surface area contributed by atoms with Gasteiger partial charge in [-0.3, -0.25) is 0 Å². The molecule has 1 saturated carbocycles. The van der Waals surface area contributed by atoms with Crippen molar-refractivity contribution in [3.63, 3.8) is 0 Å². The Labute approximate surface area is 99.9 Å². The summed E-state index contributed by atoms with van der Waals surface area (Å²) in [6.45, 7) is 5.36. The smallest absolute Gasteiger partial charge is 0.147 e. The molecule has 0 aromatic carbocycles. The van der Waals surface area contributed by atoms with Crippen LogP contribution in [0.2, 0.25) is 0 Å². The highest BCUT2D eigenvalue weighted by Gasteiger charge is 2.36. The summed E-state index contributed by atoms with van der Waals surface area (Å²) in [6, 6.07) is 0.521. The van der Waals surface area contributed by atoms with Crippen LogP contribution in [0.5, 0.6) is 0 Å². The first kappa shape index (κ1) is 14.0. The highest BCUT2D eigenvalue weighted by Crippen LogP contribution is 2.44. The van der Waals surface area contributed by atoms with Crippen molar-refractivity contribution in [1.82, 2.24) is 5.32 Å². The molecule has 16 heavy (non-hydrogen) atoms. The van der Waals surface area contributed by atoms with Crippen molar-refractivity contribution < 1.29 is 8.42 Å². The van der Waals surface area contributed by atoms with Crippen LogP contribution in [0, 0.1) is 5.41 Å². The summed E-state index contributed by atoms with van der Waals surface area (Å²) in [6.07, 6.45) is 7.02. The first-order chi connectivity index (χ1) is 7.33. The lowest BCUT2D eigenvalue weighted by atomic mass is 9.66. The Balaban J connectivity index is 2.30. The van der Waals surface area contributed by atoms with Gasteiger partial charge in [0.05, 0.1) is 0 Å². The average Bonchev–Trinajstić information content (AvgIpc) is 2.05. The largest absolute Gasteiger partial charge is 0.314 e. The van der Waals surface area contributed by atoms with E-state index < -0.39 is 9.84 Å². The third kappa shape index (κ3) is 4.83. The number of rotatable bonds is 7. The minimum atomic E-state index is -2.78. The van der Waals surface area contributed by atoms with Crippen LogP contribution in [0.15, 0.2) is 0 Å². The molecule has 0 atom stereocenters. The first-order valence-corrected chi connectivity index (χ1v) is 8.30. The Kier molecular flexibility index (Phi) is 4.80. The fourth-order valence-corrected chi connectivity index (χ4v) is 2.99. The molecule has 0 heterocycles. The molecule has 0 aromatic rings. The van der Waals surface area contributed by atoms with Crippen molar-refractivity contribution in [3.8, 4) is 0 Å². The van der Waals surface area contributed by atoms with E-state index in [-0.39, 0.29) is 0 Å². The summed E-state index contributed by atoms with van der Waals surface area (Å²) in [7, 11) is -2.78. The normalized spacial score (nSPS) is 19.8. The number of hydrogen-bond acceptors (Lipinski definition) is 3. The summed E-state index contributed by atoms with van der Waals surface area (Å²) in [4.78, 5) is 0. The molecule has 0 bridgehead atoms. The molecule has 0 saturated heterocycles. The number of sulfone groups is 1. The maximum atomic E-state index is 11.1. The third-order valence-electron chi connectivity index (χ3n) is 3.52. The fraction of sp³-hybridized carbons (Fsp3) is 1.00. The summed E-state index contributed by atoms with van der Waals surface area (Å²) in [5.74, 6) is 0.344. The van der Waals surface area contributed by atoms with E-state index in [4.69, 9.17) is 0 Å². The van der Waals surface area contributed by atoms with Crippen molar-refractivity contribution in [3.05, 3.63) is 0 Å². The minimum absolute atomic E-state index is 0.344. The monoisotopic (exact) mass is 247 g/mol. The quantitative estimate of drug-likeness (QED) is 0.748. The van der Waals surface area contributed by atoms with Gasteiger partial charge in [0.25, 0.3) is 0 Å². The van der Waals surface area contributed by atoms with Gasteiger partial charge in [0, 0.05) is 24.6 Å². The molecule has 1 aliphatic rings. The molecular weight excluding hydrogens is 222 g/mol. The van der Waals surface area contributed by atoms with Gasteiger partial charge >= 0.3 is 0 Å². The van der Waals surface area contributed by atoms with Crippen molar-refractivity contribution in [2.45, 2.75) is 52.0 Å². The molecule has 3 nitrogen and oxygen atoms in total. The van der Waals surface area contributed by atoms with Crippen molar-refractivity contribution >= 4 is 9.84 Å². The molecule has 1 aliphatic carbocycles. The van der Waals surface area contributed by atoms with Crippen LogP contribution in [-0.4, -0.2) is 33.0 Å². The molecule has 0 amide bonds. The van der Waals surface area contributed by atoms with Gasteiger partial charge in [0.1, 0.15) is 9.84 Å². The Hall–Kier alpha value is -0.0900. The van der Waals surface area contributed by atoms with Gasteiger partial charge < -0.3 is 5.32 Å². The second-order valence-corrected chi connectivity index (χ2v) is 7.88. The molecule has 0 radical (unpaired) electrons. The predicted octanol–water partition coefficient (Wildman–Crippen LogP) is 1.98. The summed E-state index contributed by atoms with van der Waals surface area (Å²) in [5.41, 5.74) is 0.398. The van der Waals surface area contributed by atoms with Crippen LogP contribution >= 0.6 is 0 Å². The predicted molar refractivity (Wildman–Crippen MR) is 68.4 cm³/mol. The van der Waals surface area contributed by atoms with Gasteiger partial charge in [-0.1, -0.05) is 20.3 Å². The van der Waals surface area contributed by atoms with E-state index in [2.05, 4.69) is 19.2 Å². The maximum Gasteiger partial charge on any atom is 0.147 e. The van der Waals surface area contributed by atoms with Crippen LogP contribution in [0.1, 0.15) is 46.0 Å². The Morgan fingerprint density at radius 2 is 1.94 bits per heavy atom. The molecule has 0 unspecified atom stereocenters. The molecule has 0 aliphatic heterocycles. The van der Waals surface area contributed by atoms with E-state index in [0.29, 0.717) is 17.2 Å². The zero-order chi connectivity index (χ0) is 12.2. The van der Waals surface area contributed by atoms with Crippen LogP contribution in [-0.2, 0) is 9.84 Å². The maximum absolute atomic E-state index is 11.1. The lowest BCUT2D eigenvalue weighted by Gasteiger charge is -2.43. The highest BCUT2D eigenvalue weighted by atomic mass is 32.2. The standard InChI is InChI=1S/C12H25NO2S/c1-11(2)13-10-12(6-4-7-12)8-5-9-16(3,14)15/h11,13H,4-10H2,1-3H3. The Morgan fingerprint density at radius 3 is 2.31 bits per heavy atom. The van der Waals surface area contributed by atoms with Gasteiger partial charge in [-0.25, -0.2) is 8.42 Å². The lowest BCUT2D eigenvalue weighted by Crippen LogP contribution is -2.42. The van der Waals surface area contributed by atoms with Crippen LogP contribution in [0.4, 0.5) is 0 Å². The molecule has 1 N–H and O–H groups in total. The van der Waals surface area contributed by atoms with Crippen molar-refractivity contribution in [1.29, 1.82) is 0 Å². The van der Waals surface area contributed by atoms with Crippen LogP contribution < -0.4 is 5.32 Å². The molecule has 1 rings (SSSR count). The third-order valence-corrected chi connectivity index (χ3v) is 4.55. The van der Waals surface area contributed by atoms with E-state index in [1.807, 2.05) is 0 Å². The summed E-state index contributed by atoms with van der Waals surface area (Å²) < 4.78 is 22.1. The van der Waals surface area contributed by atoms with E-state index in [0.717, 1.165) is 19.4 Å². The minimum Gasteiger partial charge on any atom is -0.314 e. The summed E-state index contributed by atoms with van der Waals surface area (Å²) >= 11 is 0. The topological polar surface area (TPSA) is 46.2 Å². The molecule has 4 heteroatoms. The van der Waals surface area contributed by atoms with Gasteiger partial charge in [0.2, 0.25) is 0 Å². The molecule has 96 valence electrons. The van der Waals surface area contributed by atoms with Gasteiger partial charge in [-0.2, -0.15) is 0 Å². The highest BCUT2D eigenvalue weighted by molar-refractivity contribution is 7.90. The van der Waals surface area contributed by atoms with E-state index in [1.165, 1.54) is 25.5 Å². The average molecular weight is 247 g/mol. The SMILES string of the molecule is CC(C)NCC1(CCCS(C)(=O)=O)CCC1. The fourth-order valence-electron chi connectivity index (χ4n) is 2.32. The second kappa shape index (κ2) is 5.50. The lowest BCUT2D eigenvalue weighted by molar-refractivity contribution is 0.113. The summed E-state index contributed by atoms with van der Waals surface area (Å²) in [5, 5.41) is 3.49. The number of nitrogens with one attached hydrogen (secondary N) is 1. The Morgan fingerprint density at radius 1 is 1.31 bits per heavy atom. The van der Waals surface area contributed by atoms with E-state index in [1.54, 1.807) is 0 Å². The second-order valence-electron chi connectivity index (χ2n) is 5.62.